The number of carboxylic acids is 2. The van der Waals surface area contributed by atoms with E-state index in [-0.39, 0.29) is 64.9 Å². The van der Waals surface area contributed by atoms with Crippen molar-refractivity contribution in [2.45, 2.75) is 26.1 Å². The molecule has 0 saturated carbocycles. The maximum atomic E-state index is 9.63. The molecule has 0 saturated heterocycles. The first-order valence-corrected chi connectivity index (χ1v) is 3.45. The van der Waals surface area contributed by atoms with Gasteiger partial charge >= 0.3 is 59.1 Å². The number of hydrogen-bond acceptors (Lipinski definition) is 7. The van der Waals surface area contributed by atoms with Crippen LogP contribution in [0.15, 0.2) is 0 Å². The second kappa shape index (κ2) is 13.6. The van der Waals surface area contributed by atoms with Gasteiger partial charge in [0, 0.05) is 0 Å². The minimum atomic E-state index is -2.44. The molecule has 2 unspecified atom stereocenters. The second-order valence-electron chi connectivity index (χ2n) is 2.44. The summed E-state index contributed by atoms with van der Waals surface area (Å²) in [5.41, 5.74) is 0. The van der Waals surface area contributed by atoms with Gasteiger partial charge in [-0.3, -0.25) is 0 Å². The number of aliphatic hydroxyl groups is 2. The van der Waals surface area contributed by atoms with Gasteiger partial charge in [0.2, 0.25) is 0 Å². The molecule has 0 aromatic rings. The van der Waals surface area contributed by atoms with Gasteiger partial charge in [0.25, 0.3) is 0 Å². The molecule has 9 heteroatoms. The van der Waals surface area contributed by atoms with E-state index in [1.165, 1.54) is 13.8 Å². The van der Waals surface area contributed by atoms with Gasteiger partial charge in [-0.25, -0.2) is 0 Å². The summed E-state index contributed by atoms with van der Waals surface area (Å²) >= 11 is 0. The number of aliphatic hydroxyl groups excluding tert-OH is 2. The Morgan fingerprint density at radius 1 is 0.875 bits per heavy atom. The molecule has 16 heavy (non-hydrogen) atoms. The first-order chi connectivity index (χ1) is 6.20. The molecule has 0 aromatic carbocycles. The Hall–Kier alpha value is 0.530. The maximum absolute atomic E-state index is 9.63. The Balaban J connectivity index is -0.000000105. The van der Waals surface area contributed by atoms with Gasteiger partial charge in [0.15, 0.2) is 0 Å². The normalized spacial score (nSPS) is 11.5. The van der Waals surface area contributed by atoms with Crippen LogP contribution in [-0.2, 0) is 14.4 Å². The molecule has 0 aromatic heterocycles. The molecule has 2 N–H and O–H groups in total. The maximum Gasteiger partial charge on any atom is 1.00 e. The summed E-state index contributed by atoms with van der Waals surface area (Å²) in [5, 5.41) is 35.7. The molecule has 0 bridgehead atoms. The van der Waals surface area contributed by atoms with Crippen LogP contribution in [0.2, 0.25) is 0 Å². The molecule has 0 radical (unpaired) electrons. The number of carbonyl (C=O) groups excluding carboxylic acids is 3. The predicted molar refractivity (Wildman–Crippen MR) is 38.4 cm³/mol. The second-order valence-corrected chi connectivity index (χ2v) is 2.44. The fourth-order valence-corrected chi connectivity index (χ4v) is 0.258. The molecular weight excluding hydrogens is 242 g/mol. The number of aliphatic carboxylic acids is 2. The van der Waals surface area contributed by atoms with Crippen LogP contribution in [0.25, 0.3) is 0 Å². The smallest absolute Gasteiger partial charge is 0.547 e. The summed E-state index contributed by atoms with van der Waals surface area (Å²) in [7, 11) is 0. The summed E-state index contributed by atoms with van der Waals surface area (Å²) in [5.74, 6) is -3.95. The number of rotatable bonds is 3. The fourth-order valence-electron chi connectivity index (χ4n) is 0.258. The minimum Gasteiger partial charge on any atom is -0.547 e. The van der Waals surface area contributed by atoms with E-state index >= 15 is 0 Å². The summed E-state index contributed by atoms with van der Waals surface area (Å²) in [6.45, 7) is 3.06. The van der Waals surface area contributed by atoms with Gasteiger partial charge in [-0.05, 0) is 13.8 Å². The summed E-state index contributed by atoms with van der Waals surface area (Å²) < 4.78 is 0. The Bertz CT molecular complexity index is 209. The van der Waals surface area contributed by atoms with E-state index in [9.17, 15) is 24.6 Å². The molecule has 0 spiro atoms. The Morgan fingerprint density at radius 3 is 1.06 bits per heavy atom. The van der Waals surface area contributed by atoms with E-state index in [4.69, 9.17) is 10.2 Å². The van der Waals surface area contributed by atoms with Crippen LogP contribution >= 0.6 is 0 Å². The monoisotopic (exact) mass is 252 g/mol. The number of ketones is 1. The van der Waals surface area contributed by atoms with E-state index < -0.39 is 24.1 Å². The van der Waals surface area contributed by atoms with Crippen LogP contribution in [0.4, 0.5) is 0 Å². The van der Waals surface area contributed by atoms with Crippen LogP contribution in [0, 0.1) is 0 Å². The van der Waals surface area contributed by atoms with Crippen molar-refractivity contribution in [3.63, 3.8) is 0 Å². The zero-order valence-corrected chi connectivity index (χ0v) is 13.6. The van der Waals surface area contributed by atoms with Crippen molar-refractivity contribution in [3.8, 4) is 0 Å². The zero-order chi connectivity index (χ0) is 11.9. The summed E-state index contributed by atoms with van der Waals surface area (Å²) in [6, 6.07) is 0. The average Bonchev–Trinajstić information content (AvgIpc) is 2.00. The summed E-state index contributed by atoms with van der Waals surface area (Å²) in [4.78, 5) is 28.7. The van der Waals surface area contributed by atoms with Crippen molar-refractivity contribution in [1.29, 1.82) is 0 Å². The van der Waals surface area contributed by atoms with Gasteiger partial charge < -0.3 is 34.8 Å². The Kier molecular flexibility index (Phi) is 21.6. The van der Waals surface area contributed by atoms with Crippen molar-refractivity contribution in [2.75, 3.05) is 0 Å². The van der Waals surface area contributed by atoms with Crippen molar-refractivity contribution >= 4 is 17.7 Å². The minimum absolute atomic E-state index is 0. The van der Waals surface area contributed by atoms with E-state index in [0.717, 1.165) is 0 Å². The van der Waals surface area contributed by atoms with Crippen molar-refractivity contribution in [3.05, 3.63) is 0 Å². The molecular formula is C7H10Na2O7. The van der Waals surface area contributed by atoms with Gasteiger partial charge in [0.1, 0.15) is 18.0 Å². The van der Waals surface area contributed by atoms with Crippen LogP contribution in [-0.4, -0.2) is 40.1 Å². The van der Waals surface area contributed by atoms with E-state index in [1.807, 2.05) is 0 Å². The summed E-state index contributed by atoms with van der Waals surface area (Å²) in [6.07, 6.45) is -4.88. The van der Waals surface area contributed by atoms with Crippen LogP contribution in [0.5, 0.6) is 0 Å². The molecule has 0 aliphatic carbocycles. The quantitative estimate of drug-likeness (QED) is 0.475. The van der Waals surface area contributed by atoms with E-state index in [1.54, 1.807) is 0 Å². The number of carbonyl (C=O) groups is 3. The Morgan fingerprint density at radius 2 is 1.00 bits per heavy atom. The Labute approximate surface area is 136 Å². The SMILES string of the molecule is CC(C)=O.O=C([O-])C(O)C(O)C(=O)[O-].[Na+].[Na+]. The first kappa shape index (κ1) is 25.4. The number of Topliss-reactive ketones (excluding diaryl/α,β-unsaturated/α-hetero) is 1. The number of hydrogen-bond donors (Lipinski definition) is 2. The van der Waals surface area contributed by atoms with Crippen LogP contribution in [0.3, 0.4) is 0 Å². The number of carboxylic acid groups (broad SMARTS) is 2. The van der Waals surface area contributed by atoms with Crippen molar-refractivity contribution < 1.29 is 93.9 Å². The van der Waals surface area contributed by atoms with E-state index in [0.29, 0.717) is 0 Å². The van der Waals surface area contributed by atoms with E-state index in [2.05, 4.69) is 0 Å². The zero-order valence-electron chi connectivity index (χ0n) is 9.59. The third-order valence-electron chi connectivity index (χ3n) is 0.782. The van der Waals surface area contributed by atoms with Gasteiger partial charge in [0.05, 0.1) is 11.9 Å². The molecule has 0 heterocycles. The third kappa shape index (κ3) is 16.9. The van der Waals surface area contributed by atoms with Gasteiger partial charge in [-0.15, -0.1) is 0 Å². The molecule has 0 aliphatic heterocycles. The average molecular weight is 252 g/mol. The molecule has 2 atom stereocenters. The standard InChI is InChI=1S/C4H6O6.C3H6O.2Na/c5-1(3(7)8)2(6)4(9)10;1-3(2)4;;/h1-2,5-6H,(H,7,8)(H,9,10);1-2H3;;/q;;2*+1/p-2. The van der Waals surface area contributed by atoms with Crippen LogP contribution < -0.4 is 69.3 Å². The largest absolute Gasteiger partial charge is 1.00 e. The topological polar surface area (TPSA) is 138 Å². The molecule has 0 aliphatic rings. The van der Waals surface area contributed by atoms with Crippen LogP contribution in [0.1, 0.15) is 13.8 Å². The van der Waals surface area contributed by atoms with Crippen molar-refractivity contribution in [2.24, 2.45) is 0 Å². The third-order valence-corrected chi connectivity index (χ3v) is 0.782. The molecule has 0 fully saturated rings. The molecule has 7 nitrogen and oxygen atoms in total. The molecule has 0 amide bonds. The van der Waals surface area contributed by atoms with Gasteiger partial charge in [-0.1, -0.05) is 0 Å². The molecule has 82 valence electrons. The first-order valence-electron chi connectivity index (χ1n) is 3.45. The predicted octanol–water partition coefficient (Wildman–Crippen LogP) is -10.2. The molecule has 0 rings (SSSR count). The fraction of sp³-hybridized carbons (Fsp3) is 0.571. The van der Waals surface area contributed by atoms with Crippen molar-refractivity contribution in [1.82, 2.24) is 0 Å². The van der Waals surface area contributed by atoms with Gasteiger partial charge in [-0.2, -0.15) is 0 Å².